The molecule has 0 aliphatic carbocycles. The van der Waals surface area contributed by atoms with Crippen LogP contribution in [0, 0.1) is 5.92 Å². The highest BCUT2D eigenvalue weighted by atomic mass is 32.1. The van der Waals surface area contributed by atoms with Crippen molar-refractivity contribution in [2.24, 2.45) is 5.92 Å². The van der Waals surface area contributed by atoms with Gasteiger partial charge in [0, 0.05) is 17.9 Å². The first-order valence-corrected chi connectivity index (χ1v) is 11.1. The van der Waals surface area contributed by atoms with Gasteiger partial charge in [-0.2, -0.15) is 0 Å². The van der Waals surface area contributed by atoms with Crippen molar-refractivity contribution < 1.29 is 38.1 Å². The topological polar surface area (TPSA) is 97.4 Å². The molecule has 8 nitrogen and oxygen atoms in total. The summed E-state index contributed by atoms with van der Waals surface area (Å²) in [6.07, 6.45) is 0.260. The Morgan fingerprint density at radius 3 is 2.38 bits per heavy atom. The van der Waals surface area contributed by atoms with Gasteiger partial charge in [0.05, 0.1) is 25.0 Å². The van der Waals surface area contributed by atoms with Gasteiger partial charge >= 0.3 is 11.9 Å². The van der Waals surface area contributed by atoms with E-state index in [-0.39, 0.29) is 19.8 Å². The minimum atomic E-state index is -1.29. The van der Waals surface area contributed by atoms with Crippen LogP contribution in [0.25, 0.3) is 10.1 Å². The summed E-state index contributed by atoms with van der Waals surface area (Å²) < 4.78 is 27.1. The van der Waals surface area contributed by atoms with Crippen molar-refractivity contribution in [1.29, 1.82) is 0 Å². The second-order valence-electron chi connectivity index (χ2n) is 8.08. The van der Waals surface area contributed by atoms with Crippen LogP contribution in [-0.4, -0.2) is 50.9 Å². The molecular weight excluding hydrogens is 436 g/mol. The number of ether oxygens (including phenoxy) is 5. The highest BCUT2D eigenvalue weighted by Gasteiger charge is 2.35. The van der Waals surface area contributed by atoms with E-state index >= 15 is 0 Å². The van der Waals surface area contributed by atoms with Crippen LogP contribution in [-0.2, 0) is 23.8 Å². The zero-order valence-corrected chi connectivity index (χ0v) is 20.1. The third-order valence-corrected chi connectivity index (χ3v) is 5.34. The van der Waals surface area contributed by atoms with Crippen molar-refractivity contribution in [1.82, 2.24) is 0 Å². The molecule has 1 atom stereocenters. The maximum atomic E-state index is 13.3. The number of Topliss-reactive ketones (excluding diaryl/α,β-unsaturated/α-hetero) is 1. The second-order valence-corrected chi connectivity index (χ2v) is 9.16. The van der Waals surface area contributed by atoms with E-state index < -0.39 is 29.2 Å². The minimum absolute atomic E-state index is 0.0401. The Morgan fingerprint density at radius 2 is 1.78 bits per heavy atom. The van der Waals surface area contributed by atoms with Gasteiger partial charge in [-0.25, -0.2) is 0 Å². The molecule has 0 aliphatic rings. The Morgan fingerprint density at radius 1 is 1.06 bits per heavy atom. The molecule has 0 saturated heterocycles. The molecule has 0 amide bonds. The Labute approximate surface area is 191 Å². The van der Waals surface area contributed by atoms with Gasteiger partial charge < -0.3 is 23.7 Å². The van der Waals surface area contributed by atoms with Crippen molar-refractivity contribution in [2.45, 2.75) is 46.1 Å². The van der Waals surface area contributed by atoms with E-state index in [0.29, 0.717) is 22.8 Å². The van der Waals surface area contributed by atoms with Gasteiger partial charge in [0.2, 0.25) is 0 Å². The van der Waals surface area contributed by atoms with Gasteiger partial charge in [-0.3, -0.25) is 14.4 Å². The summed E-state index contributed by atoms with van der Waals surface area (Å²) in [5.74, 6) is -2.21. The lowest BCUT2D eigenvalue weighted by molar-refractivity contribution is -0.161. The molecule has 176 valence electrons. The second kappa shape index (κ2) is 11.3. The average molecular weight is 467 g/mol. The molecular formula is C23H30O8S. The highest BCUT2D eigenvalue weighted by molar-refractivity contribution is 7.20. The number of ketones is 1. The number of hydrogen-bond donors (Lipinski definition) is 0. The molecule has 0 saturated carbocycles. The van der Waals surface area contributed by atoms with Gasteiger partial charge in [-0.05, 0) is 44.7 Å². The van der Waals surface area contributed by atoms with Crippen LogP contribution >= 0.6 is 11.3 Å². The third kappa shape index (κ3) is 6.93. The lowest BCUT2D eigenvalue weighted by Crippen LogP contribution is -2.34. The lowest BCUT2D eigenvalue weighted by Gasteiger charge is -2.23. The van der Waals surface area contributed by atoms with Crippen molar-refractivity contribution >= 4 is 39.1 Å². The fraction of sp³-hybridized carbons (Fsp3) is 0.522. The normalized spacial score (nSPS) is 12.3. The molecule has 0 fully saturated rings. The number of fused-ring (bicyclic) bond motifs is 1. The van der Waals surface area contributed by atoms with Crippen LogP contribution < -0.4 is 9.47 Å². The predicted octanol–water partition coefficient (Wildman–Crippen LogP) is 4.38. The summed E-state index contributed by atoms with van der Waals surface area (Å²) in [6, 6.07) is 5.15. The molecule has 2 aromatic rings. The maximum Gasteiger partial charge on any atom is 0.318 e. The van der Waals surface area contributed by atoms with Crippen LogP contribution in [0.1, 0.15) is 50.2 Å². The molecule has 0 spiro atoms. The van der Waals surface area contributed by atoms with E-state index in [4.69, 9.17) is 23.7 Å². The third-order valence-electron chi connectivity index (χ3n) is 4.22. The molecule has 0 bridgehead atoms. The van der Waals surface area contributed by atoms with Gasteiger partial charge in [0.25, 0.3) is 0 Å². The molecule has 0 aliphatic heterocycles. The summed E-state index contributed by atoms with van der Waals surface area (Å²) in [6.45, 7) is 7.23. The highest BCUT2D eigenvalue weighted by Crippen LogP contribution is 2.37. The van der Waals surface area contributed by atoms with E-state index in [1.54, 1.807) is 39.0 Å². The quantitative estimate of drug-likeness (QED) is 0.208. The van der Waals surface area contributed by atoms with Crippen molar-refractivity contribution in [3.05, 3.63) is 23.1 Å². The predicted molar refractivity (Wildman–Crippen MR) is 120 cm³/mol. The lowest BCUT2D eigenvalue weighted by atomic mass is 9.98. The average Bonchev–Trinajstić information content (AvgIpc) is 3.14. The largest absolute Gasteiger partial charge is 0.493 e. The van der Waals surface area contributed by atoms with Crippen LogP contribution in [0.5, 0.6) is 11.5 Å². The molecule has 2 rings (SSSR count). The Kier molecular flexibility index (Phi) is 9.03. The van der Waals surface area contributed by atoms with Crippen LogP contribution in [0.15, 0.2) is 18.2 Å². The molecule has 0 N–H and O–H groups in total. The first-order valence-electron chi connectivity index (χ1n) is 10.3. The number of rotatable bonds is 11. The fourth-order valence-corrected chi connectivity index (χ4v) is 3.90. The van der Waals surface area contributed by atoms with Crippen LogP contribution in [0.3, 0.4) is 0 Å². The molecule has 9 heteroatoms. The molecule has 1 unspecified atom stereocenters. The summed E-state index contributed by atoms with van der Waals surface area (Å²) in [5, 5.41) is 0.738. The van der Waals surface area contributed by atoms with E-state index in [9.17, 15) is 14.4 Å². The number of carbonyl (C=O) groups excluding carboxylic acids is 3. The van der Waals surface area contributed by atoms with Gasteiger partial charge in [0.15, 0.2) is 24.1 Å². The minimum Gasteiger partial charge on any atom is -0.493 e. The number of thiophene rings is 1. The monoisotopic (exact) mass is 466 g/mol. The first kappa shape index (κ1) is 25.6. The molecule has 32 heavy (non-hydrogen) atoms. The standard InChI is InChI=1S/C23H30O8S/c1-7-8-29-20(24)11-15(22(26)31-23(2,3)4)21(25)19-10-14-9-17(30-13-27-5)16(28-6)12-18(14)32-19/h9-10,12,15H,7-8,11,13H2,1-6H3. The first-order chi connectivity index (χ1) is 15.1. The number of methoxy groups -OCH3 is 2. The summed E-state index contributed by atoms with van der Waals surface area (Å²) in [5.41, 5.74) is -0.802. The summed E-state index contributed by atoms with van der Waals surface area (Å²) >= 11 is 1.20. The van der Waals surface area contributed by atoms with Crippen molar-refractivity contribution in [3.63, 3.8) is 0 Å². The molecule has 1 aromatic heterocycles. The van der Waals surface area contributed by atoms with E-state index in [1.807, 2.05) is 6.92 Å². The smallest absolute Gasteiger partial charge is 0.318 e. The van der Waals surface area contributed by atoms with Crippen molar-refractivity contribution in [3.8, 4) is 11.5 Å². The van der Waals surface area contributed by atoms with Gasteiger partial charge in [-0.1, -0.05) is 6.92 Å². The molecule has 1 heterocycles. The SMILES string of the molecule is CCCOC(=O)CC(C(=O)OC(C)(C)C)C(=O)c1cc2cc(OCOC)c(OC)cc2s1. The van der Waals surface area contributed by atoms with E-state index in [0.717, 1.165) is 10.1 Å². The fourth-order valence-electron chi connectivity index (χ4n) is 2.83. The van der Waals surface area contributed by atoms with Gasteiger partial charge in [-0.15, -0.1) is 11.3 Å². The molecule has 0 radical (unpaired) electrons. The summed E-state index contributed by atoms with van der Waals surface area (Å²) in [4.78, 5) is 38.6. The zero-order chi connectivity index (χ0) is 23.9. The Hall–Kier alpha value is -2.65. The number of hydrogen-bond acceptors (Lipinski definition) is 9. The van der Waals surface area contributed by atoms with E-state index in [1.165, 1.54) is 25.6 Å². The van der Waals surface area contributed by atoms with Crippen molar-refractivity contribution in [2.75, 3.05) is 27.6 Å². The summed E-state index contributed by atoms with van der Waals surface area (Å²) in [7, 11) is 3.02. The Balaban J connectivity index is 2.37. The zero-order valence-electron chi connectivity index (χ0n) is 19.3. The number of esters is 2. The van der Waals surface area contributed by atoms with E-state index in [2.05, 4.69) is 0 Å². The maximum absolute atomic E-state index is 13.3. The number of carbonyl (C=O) groups is 3. The van der Waals surface area contributed by atoms with Crippen LogP contribution in [0.2, 0.25) is 0 Å². The number of benzene rings is 1. The van der Waals surface area contributed by atoms with Crippen LogP contribution in [0.4, 0.5) is 0 Å². The Bertz CT molecular complexity index is 957. The van der Waals surface area contributed by atoms with Gasteiger partial charge in [0.1, 0.15) is 11.5 Å². The molecule has 1 aromatic carbocycles.